The van der Waals surface area contributed by atoms with Gasteiger partial charge >= 0.3 is 0 Å². The van der Waals surface area contributed by atoms with E-state index in [1.54, 1.807) is 0 Å². The zero-order valence-corrected chi connectivity index (χ0v) is 17.5. The number of nitrogens with zero attached hydrogens (tertiary/aromatic N) is 2. The summed E-state index contributed by atoms with van der Waals surface area (Å²) in [4.78, 5) is 18.7. The molecule has 0 aliphatic carbocycles. The molecule has 11 heteroatoms. The standard InChI is InChI=1S/C17H15Cl2N3O4S2/c18-14-9-13(15(19)27-14)28(24,25)21-16(23)10-5-7-22(8-6-10)17-20-11-3-1-2-4-12(11)26-17/h1-4,9-10H,5-8H2,(H,21,23). The highest BCUT2D eigenvalue weighted by molar-refractivity contribution is 7.90. The Hall–Kier alpha value is -1.81. The lowest BCUT2D eigenvalue weighted by Crippen LogP contribution is -2.42. The lowest BCUT2D eigenvalue weighted by Gasteiger charge is -2.29. The van der Waals surface area contributed by atoms with Crippen molar-refractivity contribution < 1.29 is 17.6 Å². The van der Waals surface area contributed by atoms with Gasteiger partial charge in [-0.15, -0.1) is 11.3 Å². The van der Waals surface area contributed by atoms with Crippen LogP contribution in [0, 0.1) is 5.92 Å². The Labute approximate surface area is 175 Å². The molecule has 0 bridgehead atoms. The van der Waals surface area contributed by atoms with E-state index in [9.17, 15) is 13.2 Å². The molecule has 7 nitrogen and oxygen atoms in total. The molecule has 1 aliphatic heterocycles. The minimum absolute atomic E-state index is 0.0241. The number of anilines is 1. The Bertz CT molecular complexity index is 1100. The molecule has 3 aromatic rings. The maximum absolute atomic E-state index is 12.5. The van der Waals surface area contributed by atoms with Crippen molar-refractivity contribution in [3.63, 3.8) is 0 Å². The summed E-state index contributed by atoms with van der Waals surface area (Å²) >= 11 is 12.6. The average molecular weight is 460 g/mol. The number of hydrogen-bond acceptors (Lipinski definition) is 7. The number of oxazole rings is 1. The van der Waals surface area contributed by atoms with E-state index in [1.807, 2.05) is 29.2 Å². The number of benzene rings is 1. The van der Waals surface area contributed by atoms with Crippen LogP contribution < -0.4 is 9.62 Å². The third-order valence-corrected chi connectivity index (χ3v) is 7.67. The van der Waals surface area contributed by atoms with E-state index in [1.165, 1.54) is 6.07 Å². The molecule has 28 heavy (non-hydrogen) atoms. The van der Waals surface area contributed by atoms with Crippen LogP contribution in [0.2, 0.25) is 8.67 Å². The Morgan fingerprint density at radius 2 is 1.96 bits per heavy atom. The predicted molar refractivity (Wildman–Crippen MR) is 109 cm³/mol. The van der Waals surface area contributed by atoms with E-state index < -0.39 is 21.8 Å². The van der Waals surface area contributed by atoms with E-state index in [2.05, 4.69) is 9.71 Å². The molecule has 0 radical (unpaired) electrons. The first kappa shape index (κ1) is 19.5. The molecule has 1 saturated heterocycles. The maximum Gasteiger partial charge on any atom is 0.298 e. The fourth-order valence-corrected chi connectivity index (χ4v) is 6.30. The molecule has 0 saturated carbocycles. The summed E-state index contributed by atoms with van der Waals surface area (Å²) in [6.45, 7) is 1.08. The van der Waals surface area contributed by atoms with E-state index in [0.29, 0.717) is 37.5 Å². The summed E-state index contributed by atoms with van der Waals surface area (Å²) in [5.74, 6) is -0.973. The molecular formula is C17H15Cl2N3O4S2. The van der Waals surface area contributed by atoms with Gasteiger partial charge in [-0.05, 0) is 31.0 Å². The van der Waals surface area contributed by atoms with Crippen LogP contribution in [0.5, 0.6) is 0 Å². The SMILES string of the molecule is O=C(NS(=O)(=O)c1cc(Cl)sc1Cl)C1CCN(c2nc3ccccc3o2)CC1. The monoisotopic (exact) mass is 459 g/mol. The fraction of sp³-hybridized carbons (Fsp3) is 0.294. The molecule has 0 atom stereocenters. The number of nitrogens with one attached hydrogen (secondary N) is 1. The molecule has 1 aliphatic rings. The van der Waals surface area contributed by atoms with Crippen molar-refractivity contribution in [3.8, 4) is 0 Å². The smallest absolute Gasteiger partial charge is 0.298 e. The second-order valence-corrected chi connectivity index (χ2v) is 10.3. The van der Waals surface area contributed by atoms with Crippen molar-refractivity contribution in [1.29, 1.82) is 0 Å². The summed E-state index contributed by atoms with van der Waals surface area (Å²) in [6.07, 6.45) is 0.969. The summed E-state index contributed by atoms with van der Waals surface area (Å²) in [7, 11) is -4.05. The number of piperidine rings is 1. The number of sulfonamides is 1. The largest absolute Gasteiger partial charge is 0.423 e. The van der Waals surface area contributed by atoms with E-state index in [0.717, 1.165) is 16.9 Å². The number of halogens is 2. The molecule has 3 heterocycles. The Morgan fingerprint density at radius 1 is 1.25 bits per heavy atom. The molecule has 0 unspecified atom stereocenters. The second kappa shape index (κ2) is 7.55. The van der Waals surface area contributed by atoms with Crippen molar-refractivity contribution in [2.75, 3.05) is 18.0 Å². The number of carbonyl (C=O) groups excluding carboxylic acids is 1. The van der Waals surface area contributed by atoms with Gasteiger partial charge in [0.05, 0.1) is 4.34 Å². The summed E-state index contributed by atoms with van der Waals surface area (Å²) in [5.41, 5.74) is 1.48. The van der Waals surface area contributed by atoms with Gasteiger partial charge in [0.2, 0.25) is 5.91 Å². The molecule has 0 spiro atoms. The summed E-state index contributed by atoms with van der Waals surface area (Å²) < 4.78 is 32.9. The highest BCUT2D eigenvalue weighted by Gasteiger charge is 2.31. The number of fused-ring (bicyclic) bond motifs is 1. The van der Waals surface area contributed by atoms with Crippen molar-refractivity contribution in [2.45, 2.75) is 17.7 Å². The number of aromatic nitrogens is 1. The van der Waals surface area contributed by atoms with E-state index in [-0.39, 0.29) is 13.6 Å². The number of carbonyl (C=O) groups is 1. The lowest BCUT2D eigenvalue weighted by molar-refractivity contribution is -0.123. The van der Waals surface area contributed by atoms with Crippen molar-refractivity contribution in [1.82, 2.24) is 9.71 Å². The van der Waals surface area contributed by atoms with Crippen LogP contribution in [0.3, 0.4) is 0 Å². The minimum Gasteiger partial charge on any atom is -0.423 e. The zero-order chi connectivity index (χ0) is 19.9. The Kier molecular flexibility index (Phi) is 5.26. The van der Waals surface area contributed by atoms with Crippen LogP contribution in [0.15, 0.2) is 39.6 Å². The van der Waals surface area contributed by atoms with Crippen LogP contribution in [0.4, 0.5) is 6.01 Å². The third kappa shape index (κ3) is 3.84. The van der Waals surface area contributed by atoms with Crippen LogP contribution in [0.1, 0.15) is 12.8 Å². The molecule has 1 aromatic carbocycles. The highest BCUT2D eigenvalue weighted by atomic mass is 35.5. The second-order valence-electron chi connectivity index (χ2n) is 6.38. The van der Waals surface area contributed by atoms with Gasteiger partial charge < -0.3 is 9.32 Å². The van der Waals surface area contributed by atoms with Crippen molar-refractivity contribution in [2.24, 2.45) is 5.92 Å². The predicted octanol–water partition coefficient (Wildman–Crippen LogP) is 3.92. The first-order valence-corrected chi connectivity index (χ1v) is 11.5. The normalized spacial score (nSPS) is 15.9. The van der Waals surface area contributed by atoms with Gasteiger partial charge in [-0.3, -0.25) is 4.79 Å². The van der Waals surface area contributed by atoms with Crippen LogP contribution in [-0.4, -0.2) is 32.4 Å². The molecule has 1 fully saturated rings. The quantitative estimate of drug-likeness (QED) is 0.635. The highest BCUT2D eigenvalue weighted by Crippen LogP contribution is 2.34. The number of para-hydroxylation sites is 2. The average Bonchev–Trinajstić information content (AvgIpc) is 3.24. The maximum atomic E-state index is 12.5. The van der Waals surface area contributed by atoms with Crippen molar-refractivity contribution in [3.05, 3.63) is 39.0 Å². The first-order valence-electron chi connectivity index (χ1n) is 8.45. The molecule has 4 rings (SSSR count). The van der Waals surface area contributed by atoms with Gasteiger partial charge in [0, 0.05) is 19.0 Å². The fourth-order valence-electron chi connectivity index (χ4n) is 3.11. The number of hydrogen-bond donors (Lipinski definition) is 1. The number of thiophene rings is 1. The molecule has 2 aromatic heterocycles. The molecular weight excluding hydrogens is 445 g/mol. The van der Waals surface area contributed by atoms with Gasteiger partial charge in [0.15, 0.2) is 5.58 Å². The van der Waals surface area contributed by atoms with Gasteiger partial charge in [0.1, 0.15) is 14.7 Å². The van der Waals surface area contributed by atoms with Gasteiger partial charge in [-0.1, -0.05) is 35.3 Å². The topological polar surface area (TPSA) is 92.5 Å². The van der Waals surface area contributed by atoms with Crippen LogP contribution >= 0.6 is 34.5 Å². The Morgan fingerprint density at radius 3 is 2.61 bits per heavy atom. The molecule has 1 amide bonds. The Balaban J connectivity index is 1.40. The van der Waals surface area contributed by atoms with Crippen LogP contribution in [-0.2, 0) is 14.8 Å². The van der Waals surface area contributed by atoms with Crippen molar-refractivity contribution >= 4 is 67.6 Å². The lowest BCUT2D eigenvalue weighted by atomic mass is 9.97. The molecule has 1 N–H and O–H groups in total. The van der Waals surface area contributed by atoms with E-state index in [4.69, 9.17) is 27.6 Å². The van der Waals surface area contributed by atoms with Gasteiger partial charge in [-0.25, -0.2) is 13.1 Å². The summed E-state index contributed by atoms with van der Waals surface area (Å²) in [5, 5.41) is 0. The van der Waals surface area contributed by atoms with Gasteiger partial charge in [-0.2, -0.15) is 4.98 Å². The van der Waals surface area contributed by atoms with Crippen LogP contribution in [0.25, 0.3) is 11.1 Å². The third-order valence-electron chi connectivity index (χ3n) is 4.57. The molecule has 148 valence electrons. The first-order chi connectivity index (χ1) is 13.3. The summed E-state index contributed by atoms with van der Waals surface area (Å²) in [6, 6.07) is 9.22. The number of rotatable bonds is 4. The minimum atomic E-state index is -4.05. The van der Waals surface area contributed by atoms with E-state index >= 15 is 0 Å². The zero-order valence-electron chi connectivity index (χ0n) is 14.4. The number of amides is 1. The van der Waals surface area contributed by atoms with Gasteiger partial charge in [0.25, 0.3) is 16.0 Å².